The van der Waals surface area contributed by atoms with Crippen LogP contribution in [0.3, 0.4) is 0 Å². The smallest absolute Gasteiger partial charge is 0.0810 e. The number of aryl methyl sites for hydroxylation is 1. The van der Waals surface area contributed by atoms with Crippen molar-refractivity contribution in [3.8, 4) is 0 Å². The molecule has 2 N–H and O–H groups in total. The normalized spacial score (nSPS) is 20.4. The predicted octanol–water partition coefficient (Wildman–Crippen LogP) is 2.89. The Labute approximate surface area is 116 Å². The Morgan fingerprint density at radius 2 is 2.11 bits per heavy atom. The van der Waals surface area contributed by atoms with Crippen LogP contribution < -0.4 is 5.73 Å². The highest BCUT2D eigenvalue weighted by Gasteiger charge is 2.31. The Balaban J connectivity index is 2.13. The number of hydrogen-bond acceptors (Lipinski definition) is 3. The minimum absolute atomic E-state index is 0.0644. The van der Waals surface area contributed by atoms with Crippen LogP contribution >= 0.6 is 0 Å². The summed E-state index contributed by atoms with van der Waals surface area (Å²) in [5.41, 5.74) is 7.59. The first-order chi connectivity index (χ1) is 9.27. The third-order valence-corrected chi connectivity index (χ3v) is 4.22. The van der Waals surface area contributed by atoms with E-state index in [0.29, 0.717) is 5.92 Å². The molecule has 1 aromatic heterocycles. The zero-order valence-corrected chi connectivity index (χ0v) is 12.2. The van der Waals surface area contributed by atoms with E-state index in [1.54, 1.807) is 0 Å². The SMILES string of the molecule is CCOC(C1CCCCC1)C(N)c1ccnn1CC. The summed E-state index contributed by atoms with van der Waals surface area (Å²) in [6, 6.07) is 1.97. The molecule has 0 spiro atoms. The lowest BCUT2D eigenvalue weighted by atomic mass is 9.82. The molecule has 2 atom stereocenters. The van der Waals surface area contributed by atoms with Crippen LogP contribution in [0.1, 0.15) is 57.7 Å². The Kier molecular flexibility index (Phi) is 5.40. The molecule has 0 amide bonds. The van der Waals surface area contributed by atoms with E-state index in [1.807, 2.05) is 16.9 Å². The molecule has 4 nitrogen and oxygen atoms in total. The van der Waals surface area contributed by atoms with E-state index in [4.69, 9.17) is 10.5 Å². The van der Waals surface area contributed by atoms with Gasteiger partial charge in [0, 0.05) is 19.3 Å². The summed E-state index contributed by atoms with van der Waals surface area (Å²) in [5, 5.41) is 4.32. The Morgan fingerprint density at radius 3 is 2.74 bits per heavy atom. The Bertz CT molecular complexity index is 371. The summed E-state index contributed by atoms with van der Waals surface area (Å²) < 4.78 is 7.99. The van der Waals surface area contributed by atoms with Gasteiger partial charge in [0.15, 0.2) is 0 Å². The minimum atomic E-state index is -0.0644. The van der Waals surface area contributed by atoms with Crippen LogP contribution in [0.2, 0.25) is 0 Å². The van der Waals surface area contributed by atoms with Gasteiger partial charge in [-0.15, -0.1) is 0 Å². The summed E-state index contributed by atoms with van der Waals surface area (Å²) in [5.74, 6) is 0.601. The molecular formula is C15H27N3O. The van der Waals surface area contributed by atoms with Crippen LogP contribution in [-0.4, -0.2) is 22.5 Å². The summed E-state index contributed by atoms with van der Waals surface area (Å²) in [4.78, 5) is 0. The molecule has 1 fully saturated rings. The van der Waals surface area contributed by atoms with Crippen molar-refractivity contribution in [1.29, 1.82) is 0 Å². The van der Waals surface area contributed by atoms with Crippen molar-refractivity contribution in [2.75, 3.05) is 6.61 Å². The number of nitrogens with zero attached hydrogens (tertiary/aromatic N) is 2. The Hall–Kier alpha value is -0.870. The third-order valence-electron chi connectivity index (χ3n) is 4.22. The molecule has 0 bridgehead atoms. The zero-order chi connectivity index (χ0) is 13.7. The van der Waals surface area contributed by atoms with Crippen molar-refractivity contribution in [1.82, 2.24) is 9.78 Å². The fraction of sp³-hybridized carbons (Fsp3) is 0.800. The van der Waals surface area contributed by atoms with E-state index >= 15 is 0 Å². The molecule has 108 valence electrons. The summed E-state index contributed by atoms with van der Waals surface area (Å²) in [6.45, 7) is 5.74. The highest BCUT2D eigenvalue weighted by molar-refractivity contribution is 5.09. The van der Waals surface area contributed by atoms with Gasteiger partial charge in [0.05, 0.1) is 17.8 Å². The van der Waals surface area contributed by atoms with Crippen molar-refractivity contribution in [3.05, 3.63) is 18.0 Å². The third kappa shape index (κ3) is 3.37. The van der Waals surface area contributed by atoms with E-state index < -0.39 is 0 Å². The summed E-state index contributed by atoms with van der Waals surface area (Å²) in [6.07, 6.45) is 8.45. The number of ether oxygens (including phenoxy) is 1. The van der Waals surface area contributed by atoms with Crippen LogP contribution in [0.15, 0.2) is 12.3 Å². The van der Waals surface area contributed by atoms with Gasteiger partial charge < -0.3 is 10.5 Å². The van der Waals surface area contributed by atoms with Crippen molar-refractivity contribution < 1.29 is 4.74 Å². The van der Waals surface area contributed by atoms with Gasteiger partial charge in [0.1, 0.15) is 0 Å². The van der Waals surface area contributed by atoms with Gasteiger partial charge in [-0.3, -0.25) is 4.68 Å². The molecule has 19 heavy (non-hydrogen) atoms. The maximum Gasteiger partial charge on any atom is 0.0810 e. The maximum atomic E-state index is 6.49. The van der Waals surface area contributed by atoms with E-state index in [-0.39, 0.29) is 12.1 Å². The first-order valence-electron chi connectivity index (χ1n) is 7.66. The molecular weight excluding hydrogens is 238 g/mol. The quantitative estimate of drug-likeness (QED) is 0.860. The van der Waals surface area contributed by atoms with Gasteiger partial charge in [0.2, 0.25) is 0 Å². The van der Waals surface area contributed by atoms with Gasteiger partial charge in [0.25, 0.3) is 0 Å². The molecule has 0 radical (unpaired) electrons. The van der Waals surface area contributed by atoms with Crippen molar-refractivity contribution >= 4 is 0 Å². The van der Waals surface area contributed by atoms with Gasteiger partial charge in [-0.25, -0.2) is 0 Å². The largest absolute Gasteiger partial charge is 0.376 e. The molecule has 1 aromatic rings. The van der Waals surface area contributed by atoms with Gasteiger partial charge >= 0.3 is 0 Å². The second kappa shape index (κ2) is 7.06. The second-order valence-electron chi connectivity index (χ2n) is 5.42. The van der Waals surface area contributed by atoms with Crippen LogP contribution in [0.5, 0.6) is 0 Å². The van der Waals surface area contributed by atoms with E-state index in [1.165, 1.54) is 32.1 Å². The molecule has 1 heterocycles. The van der Waals surface area contributed by atoms with Crippen LogP contribution in [-0.2, 0) is 11.3 Å². The fourth-order valence-electron chi connectivity index (χ4n) is 3.25. The fourth-order valence-corrected chi connectivity index (χ4v) is 3.25. The maximum absolute atomic E-state index is 6.49. The number of hydrogen-bond donors (Lipinski definition) is 1. The summed E-state index contributed by atoms with van der Waals surface area (Å²) in [7, 11) is 0. The highest BCUT2D eigenvalue weighted by atomic mass is 16.5. The number of rotatable bonds is 6. The number of aromatic nitrogens is 2. The molecule has 4 heteroatoms. The highest BCUT2D eigenvalue weighted by Crippen LogP contribution is 2.33. The van der Waals surface area contributed by atoms with Crippen LogP contribution in [0.4, 0.5) is 0 Å². The first-order valence-corrected chi connectivity index (χ1v) is 7.66. The van der Waals surface area contributed by atoms with E-state index in [0.717, 1.165) is 18.8 Å². The predicted molar refractivity (Wildman–Crippen MR) is 76.8 cm³/mol. The lowest BCUT2D eigenvalue weighted by Gasteiger charge is -2.34. The molecule has 1 saturated carbocycles. The molecule has 1 aliphatic carbocycles. The molecule has 0 aromatic carbocycles. The van der Waals surface area contributed by atoms with Crippen molar-refractivity contribution in [2.45, 2.75) is 64.6 Å². The van der Waals surface area contributed by atoms with E-state index in [2.05, 4.69) is 18.9 Å². The standard InChI is InChI=1S/C15H27N3O/c1-3-18-13(10-11-17-18)14(16)15(19-4-2)12-8-6-5-7-9-12/h10-12,14-15H,3-9,16H2,1-2H3. The van der Waals surface area contributed by atoms with Gasteiger partial charge in [-0.05, 0) is 38.7 Å². The monoisotopic (exact) mass is 265 g/mol. The molecule has 0 saturated heterocycles. The van der Waals surface area contributed by atoms with Crippen LogP contribution in [0, 0.1) is 5.92 Å². The Morgan fingerprint density at radius 1 is 1.37 bits per heavy atom. The zero-order valence-electron chi connectivity index (χ0n) is 12.2. The lowest BCUT2D eigenvalue weighted by molar-refractivity contribution is -0.0115. The second-order valence-corrected chi connectivity index (χ2v) is 5.42. The van der Waals surface area contributed by atoms with Gasteiger partial charge in [-0.1, -0.05) is 19.3 Å². The minimum Gasteiger partial charge on any atom is -0.376 e. The average molecular weight is 265 g/mol. The average Bonchev–Trinajstić information content (AvgIpc) is 2.93. The van der Waals surface area contributed by atoms with E-state index in [9.17, 15) is 0 Å². The van der Waals surface area contributed by atoms with Crippen molar-refractivity contribution in [2.24, 2.45) is 11.7 Å². The number of nitrogens with two attached hydrogens (primary N) is 1. The topological polar surface area (TPSA) is 53.1 Å². The molecule has 1 aliphatic rings. The first kappa shape index (κ1) is 14.5. The molecule has 2 rings (SSSR count). The van der Waals surface area contributed by atoms with Crippen molar-refractivity contribution in [3.63, 3.8) is 0 Å². The lowest BCUT2D eigenvalue weighted by Crippen LogP contribution is -2.37. The van der Waals surface area contributed by atoms with Crippen LogP contribution in [0.25, 0.3) is 0 Å². The molecule has 0 aliphatic heterocycles. The van der Waals surface area contributed by atoms with Gasteiger partial charge in [-0.2, -0.15) is 5.10 Å². The summed E-state index contributed by atoms with van der Waals surface area (Å²) >= 11 is 0. The molecule has 2 unspecified atom stereocenters.